The number of hydrogen-bond acceptors (Lipinski definition) is 5. The Balaban J connectivity index is 1.68. The number of nitrogens with one attached hydrogen (secondary N) is 1. The van der Waals surface area contributed by atoms with Gasteiger partial charge in [-0.05, 0) is 25.8 Å². The molecule has 0 unspecified atom stereocenters. The minimum Gasteiger partial charge on any atom is -0.495 e. The molecule has 1 saturated heterocycles. The molecule has 0 aromatic carbocycles. The van der Waals surface area contributed by atoms with Crippen LogP contribution in [-0.4, -0.2) is 35.2 Å². The predicted molar refractivity (Wildman–Crippen MR) is 88.0 cm³/mol. The molecule has 23 heavy (non-hydrogen) atoms. The fraction of sp³-hybridized carbons (Fsp3) is 0.500. The van der Waals surface area contributed by atoms with E-state index < -0.39 is 0 Å². The van der Waals surface area contributed by atoms with E-state index in [1.54, 1.807) is 13.4 Å². The summed E-state index contributed by atoms with van der Waals surface area (Å²) in [6.07, 6.45) is 5.11. The minimum atomic E-state index is -0.0735. The third-order valence-electron chi connectivity index (χ3n) is 4.05. The maximum Gasteiger partial charge on any atom is 0.265 e. The van der Waals surface area contributed by atoms with Crippen LogP contribution in [-0.2, 0) is 11.8 Å². The molecule has 2 atom stereocenters. The highest BCUT2D eigenvalue weighted by Gasteiger charge is 2.28. The lowest BCUT2D eigenvalue weighted by Gasteiger charge is -2.30. The van der Waals surface area contributed by atoms with Crippen LogP contribution < -0.4 is 10.1 Å². The van der Waals surface area contributed by atoms with Crippen LogP contribution in [0.4, 0.5) is 0 Å². The number of rotatable bonds is 4. The van der Waals surface area contributed by atoms with E-state index >= 15 is 0 Å². The summed E-state index contributed by atoms with van der Waals surface area (Å²) in [5.41, 5.74) is 1.04. The van der Waals surface area contributed by atoms with Gasteiger partial charge in [0.25, 0.3) is 5.91 Å². The van der Waals surface area contributed by atoms with Gasteiger partial charge in [-0.2, -0.15) is 0 Å². The molecule has 7 heteroatoms. The molecule has 3 heterocycles. The second-order valence-corrected chi connectivity index (χ2v) is 6.99. The molecule has 0 radical (unpaired) electrons. The fourth-order valence-corrected chi connectivity index (χ4v) is 3.75. The van der Waals surface area contributed by atoms with Crippen molar-refractivity contribution in [2.24, 2.45) is 7.05 Å². The molecule has 0 spiro atoms. The SMILES string of the molecule is COc1cc(C)sc1C(=O)N[C@H]1CCO[C@@H](c2cncn2C)C1. The highest BCUT2D eigenvalue weighted by molar-refractivity contribution is 7.14. The van der Waals surface area contributed by atoms with E-state index in [-0.39, 0.29) is 18.1 Å². The molecule has 1 aliphatic heterocycles. The number of nitrogens with zero attached hydrogens (tertiary/aromatic N) is 2. The van der Waals surface area contributed by atoms with Crippen molar-refractivity contribution in [3.63, 3.8) is 0 Å². The molecule has 1 amide bonds. The van der Waals surface area contributed by atoms with Crippen LogP contribution >= 0.6 is 11.3 Å². The zero-order chi connectivity index (χ0) is 16.4. The monoisotopic (exact) mass is 335 g/mol. The van der Waals surface area contributed by atoms with E-state index in [2.05, 4.69) is 10.3 Å². The van der Waals surface area contributed by atoms with E-state index in [0.717, 1.165) is 23.4 Å². The molecule has 2 aromatic heterocycles. The summed E-state index contributed by atoms with van der Waals surface area (Å²) in [6.45, 7) is 2.60. The lowest BCUT2D eigenvalue weighted by atomic mass is 10.0. The molecular weight excluding hydrogens is 314 g/mol. The molecule has 0 aliphatic carbocycles. The Morgan fingerprint density at radius 2 is 2.39 bits per heavy atom. The number of methoxy groups -OCH3 is 1. The number of ether oxygens (including phenoxy) is 2. The highest BCUT2D eigenvalue weighted by Crippen LogP contribution is 2.30. The van der Waals surface area contributed by atoms with Crippen molar-refractivity contribution < 1.29 is 14.3 Å². The summed E-state index contributed by atoms with van der Waals surface area (Å²) >= 11 is 1.45. The Labute approximate surface area is 139 Å². The van der Waals surface area contributed by atoms with Gasteiger partial charge >= 0.3 is 0 Å². The topological polar surface area (TPSA) is 65.4 Å². The first-order valence-electron chi connectivity index (χ1n) is 7.61. The quantitative estimate of drug-likeness (QED) is 0.932. The van der Waals surface area contributed by atoms with Crippen LogP contribution in [0.2, 0.25) is 0 Å². The number of aromatic nitrogens is 2. The van der Waals surface area contributed by atoms with Gasteiger partial charge in [0.1, 0.15) is 16.7 Å². The maximum absolute atomic E-state index is 12.5. The number of carbonyl (C=O) groups excluding carboxylic acids is 1. The zero-order valence-corrected chi connectivity index (χ0v) is 14.4. The summed E-state index contributed by atoms with van der Waals surface area (Å²) in [4.78, 5) is 18.4. The first-order valence-corrected chi connectivity index (χ1v) is 8.43. The van der Waals surface area contributed by atoms with E-state index in [4.69, 9.17) is 9.47 Å². The molecule has 2 aromatic rings. The molecule has 3 rings (SSSR count). The smallest absolute Gasteiger partial charge is 0.265 e. The summed E-state index contributed by atoms with van der Waals surface area (Å²) in [7, 11) is 3.54. The van der Waals surface area contributed by atoms with E-state index in [0.29, 0.717) is 17.2 Å². The maximum atomic E-state index is 12.5. The second-order valence-electron chi connectivity index (χ2n) is 5.74. The van der Waals surface area contributed by atoms with Crippen LogP contribution in [0, 0.1) is 6.92 Å². The van der Waals surface area contributed by atoms with Crippen LogP contribution in [0.1, 0.15) is 39.2 Å². The van der Waals surface area contributed by atoms with E-state index in [1.807, 2.05) is 30.8 Å². The van der Waals surface area contributed by atoms with E-state index in [1.165, 1.54) is 11.3 Å². The summed E-state index contributed by atoms with van der Waals surface area (Å²) in [5.74, 6) is 0.566. The standard InChI is InChI=1S/C16H21N3O3S/c1-10-6-14(21-3)15(23-10)16(20)18-11-4-5-22-13(7-11)12-8-17-9-19(12)2/h6,8-9,11,13H,4-5,7H2,1-3H3,(H,18,20)/t11-,13+/m0/s1. The molecule has 0 saturated carbocycles. The number of imidazole rings is 1. The van der Waals surface area contributed by atoms with Gasteiger partial charge in [-0.1, -0.05) is 0 Å². The molecule has 124 valence electrons. The first kappa shape index (κ1) is 16.0. The Morgan fingerprint density at radius 1 is 1.57 bits per heavy atom. The van der Waals surface area contributed by atoms with Gasteiger partial charge in [0.15, 0.2) is 0 Å². The Kier molecular flexibility index (Phi) is 4.68. The second kappa shape index (κ2) is 6.72. The summed E-state index contributed by atoms with van der Waals surface area (Å²) < 4.78 is 13.1. The number of amides is 1. The van der Waals surface area contributed by atoms with Gasteiger partial charge in [-0.3, -0.25) is 4.79 Å². The minimum absolute atomic E-state index is 0.0338. The van der Waals surface area contributed by atoms with Gasteiger partial charge in [0, 0.05) is 24.6 Å². The zero-order valence-electron chi connectivity index (χ0n) is 13.5. The predicted octanol–water partition coefficient (Wildman–Crippen LogP) is 2.45. The Bertz CT molecular complexity index is 695. The molecule has 0 bridgehead atoms. The van der Waals surface area contributed by atoms with Crippen molar-refractivity contribution >= 4 is 17.2 Å². The molecule has 1 aliphatic rings. The molecule has 1 N–H and O–H groups in total. The van der Waals surface area contributed by atoms with Crippen LogP contribution in [0.3, 0.4) is 0 Å². The average molecular weight is 335 g/mol. The first-order chi connectivity index (χ1) is 11.1. The Morgan fingerprint density at radius 3 is 3.09 bits per heavy atom. The summed E-state index contributed by atoms with van der Waals surface area (Å²) in [6, 6.07) is 1.98. The lowest BCUT2D eigenvalue weighted by Crippen LogP contribution is -2.40. The van der Waals surface area contributed by atoms with Crippen molar-refractivity contribution in [1.82, 2.24) is 14.9 Å². The van der Waals surface area contributed by atoms with Crippen molar-refractivity contribution in [3.05, 3.63) is 34.0 Å². The largest absolute Gasteiger partial charge is 0.495 e. The number of carbonyl (C=O) groups is 1. The number of thiophene rings is 1. The van der Waals surface area contributed by atoms with Crippen molar-refractivity contribution in [2.45, 2.75) is 31.9 Å². The van der Waals surface area contributed by atoms with Crippen molar-refractivity contribution in [1.29, 1.82) is 0 Å². The van der Waals surface area contributed by atoms with Gasteiger partial charge in [0.05, 0.1) is 25.3 Å². The van der Waals surface area contributed by atoms with E-state index in [9.17, 15) is 4.79 Å². The van der Waals surface area contributed by atoms with Crippen LogP contribution in [0.5, 0.6) is 5.75 Å². The van der Waals surface area contributed by atoms with Crippen LogP contribution in [0.15, 0.2) is 18.6 Å². The molecule has 6 nitrogen and oxygen atoms in total. The molecule has 1 fully saturated rings. The van der Waals surface area contributed by atoms with Gasteiger partial charge in [-0.15, -0.1) is 11.3 Å². The normalized spacial score (nSPS) is 21.2. The third kappa shape index (κ3) is 3.40. The van der Waals surface area contributed by atoms with Crippen molar-refractivity contribution in [3.8, 4) is 5.75 Å². The number of hydrogen-bond donors (Lipinski definition) is 1. The highest BCUT2D eigenvalue weighted by atomic mass is 32.1. The Hall–Kier alpha value is -1.86. The van der Waals surface area contributed by atoms with Crippen LogP contribution in [0.25, 0.3) is 0 Å². The average Bonchev–Trinajstić information content (AvgIpc) is 3.13. The summed E-state index contributed by atoms with van der Waals surface area (Å²) in [5, 5.41) is 3.12. The molecular formula is C16H21N3O3S. The lowest BCUT2D eigenvalue weighted by molar-refractivity contribution is -0.00299. The number of aryl methyl sites for hydroxylation is 2. The van der Waals surface area contributed by atoms with Gasteiger partial charge in [-0.25, -0.2) is 4.98 Å². The third-order valence-corrected chi connectivity index (χ3v) is 5.08. The van der Waals surface area contributed by atoms with Gasteiger partial charge < -0.3 is 19.4 Å². The van der Waals surface area contributed by atoms with Crippen molar-refractivity contribution in [2.75, 3.05) is 13.7 Å². The van der Waals surface area contributed by atoms with Gasteiger partial charge in [0.2, 0.25) is 0 Å². The fourth-order valence-electron chi connectivity index (χ4n) is 2.86.